The lowest BCUT2D eigenvalue weighted by Crippen LogP contribution is -2.59. The number of carbonyl (C=O) groups is 3. The van der Waals surface area contributed by atoms with Gasteiger partial charge in [-0.15, -0.1) is 0 Å². The second kappa shape index (κ2) is 9.24. The van der Waals surface area contributed by atoms with Crippen molar-refractivity contribution in [3.8, 4) is 0 Å². The van der Waals surface area contributed by atoms with Gasteiger partial charge in [0.1, 0.15) is 17.6 Å². The number of amides is 2. The number of rotatable bonds is 5. The quantitative estimate of drug-likeness (QED) is 0.509. The standard InChI is InChI=1S/C27H32N2O6/c1-17(2)19(16-30)29-23-25(32)28(15-18-9-4-3-5-10-18)13-8-12-27(23)22(24(29)31)21-20(35-27)11-6-7-14-34-26(21)33/h3-6,8-12,17,19-23,30H,7,13-16H2,1-2H3/t19-,20-,21+,22-,23?,27-/m0/s1. The Morgan fingerprint density at radius 3 is 2.60 bits per heavy atom. The fraction of sp³-hybridized carbons (Fsp3) is 0.519. The van der Waals surface area contributed by atoms with Crippen LogP contribution in [0.25, 0.3) is 0 Å². The van der Waals surface area contributed by atoms with Crippen LogP contribution in [0.5, 0.6) is 0 Å². The van der Waals surface area contributed by atoms with Gasteiger partial charge in [0.05, 0.1) is 31.3 Å². The van der Waals surface area contributed by atoms with Crippen molar-refractivity contribution in [1.82, 2.24) is 9.80 Å². The first-order chi connectivity index (χ1) is 16.9. The highest BCUT2D eigenvalue weighted by Crippen LogP contribution is 2.54. The normalized spacial score (nSPS) is 33.1. The fourth-order valence-electron chi connectivity index (χ4n) is 6.02. The maximum Gasteiger partial charge on any atom is 0.312 e. The molecule has 4 heterocycles. The summed E-state index contributed by atoms with van der Waals surface area (Å²) in [5, 5.41) is 10.3. The monoisotopic (exact) mass is 480 g/mol. The topological polar surface area (TPSA) is 96.4 Å². The molecule has 2 saturated heterocycles. The van der Waals surface area contributed by atoms with Gasteiger partial charge < -0.3 is 24.4 Å². The van der Waals surface area contributed by atoms with E-state index in [1.807, 2.05) is 68.5 Å². The number of carbonyl (C=O) groups excluding carboxylic acids is 3. The van der Waals surface area contributed by atoms with Gasteiger partial charge in [-0.05, 0) is 17.9 Å². The zero-order chi connectivity index (χ0) is 24.7. The Morgan fingerprint density at radius 2 is 1.89 bits per heavy atom. The second-order valence-corrected chi connectivity index (χ2v) is 10.1. The van der Waals surface area contributed by atoms with Crippen LogP contribution in [0.15, 0.2) is 54.6 Å². The van der Waals surface area contributed by atoms with Gasteiger partial charge in [-0.3, -0.25) is 14.4 Å². The van der Waals surface area contributed by atoms with E-state index < -0.39 is 41.6 Å². The van der Waals surface area contributed by atoms with Gasteiger partial charge >= 0.3 is 5.97 Å². The van der Waals surface area contributed by atoms with Crippen LogP contribution in [0.1, 0.15) is 25.8 Å². The maximum absolute atomic E-state index is 14.2. The molecule has 0 aromatic heterocycles. The van der Waals surface area contributed by atoms with E-state index in [0.717, 1.165) is 5.56 Å². The number of hydrogen-bond donors (Lipinski definition) is 1. The number of hydrogen-bond acceptors (Lipinski definition) is 6. The average Bonchev–Trinajstić information content (AvgIpc) is 3.21. The van der Waals surface area contributed by atoms with Gasteiger partial charge in [-0.25, -0.2) is 0 Å². The number of aliphatic hydroxyl groups excluding tert-OH is 1. The Hall–Kier alpha value is -2.97. The lowest BCUT2D eigenvalue weighted by atomic mass is 9.77. The van der Waals surface area contributed by atoms with E-state index in [2.05, 4.69) is 0 Å². The SMILES string of the molecule is CC(C)[C@H](CO)N1C(=O)[C@@H]2[C@@H]3C(=O)OCCC=C[C@@H]3O[C@@]23C=CCN(Cc2ccccc2)C(=O)C13. The molecule has 0 aliphatic carbocycles. The number of nitrogens with zero attached hydrogens (tertiary/aromatic N) is 2. The molecule has 1 aromatic carbocycles. The molecule has 8 heteroatoms. The Kier molecular flexibility index (Phi) is 6.27. The first-order valence-electron chi connectivity index (χ1n) is 12.3. The summed E-state index contributed by atoms with van der Waals surface area (Å²) in [5.74, 6) is -2.94. The number of aliphatic hydroxyl groups is 1. The molecule has 4 aliphatic rings. The number of cyclic esters (lactones) is 1. The van der Waals surface area contributed by atoms with Crippen LogP contribution in [-0.2, 0) is 30.4 Å². The highest BCUT2D eigenvalue weighted by molar-refractivity contribution is 5.99. The van der Waals surface area contributed by atoms with Crippen LogP contribution in [0.4, 0.5) is 0 Å². The smallest absolute Gasteiger partial charge is 0.312 e. The van der Waals surface area contributed by atoms with Crippen molar-refractivity contribution in [2.75, 3.05) is 19.8 Å². The minimum absolute atomic E-state index is 0.109. The number of benzene rings is 1. The Bertz CT molecular complexity index is 1050. The second-order valence-electron chi connectivity index (χ2n) is 10.1. The molecule has 5 rings (SSSR count). The molecule has 186 valence electrons. The van der Waals surface area contributed by atoms with Crippen LogP contribution in [-0.4, -0.2) is 76.2 Å². The molecule has 2 fully saturated rings. The molecule has 0 bridgehead atoms. The molecule has 0 radical (unpaired) electrons. The molecule has 6 atom stereocenters. The van der Waals surface area contributed by atoms with Crippen LogP contribution in [0.2, 0.25) is 0 Å². The molecular weight excluding hydrogens is 448 g/mol. The highest BCUT2D eigenvalue weighted by atomic mass is 16.6. The zero-order valence-electron chi connectivity index (χ0n) is 20.1. The lowest BCUT2D eigenvalue weighted by Gasteiger charge is -2.39. The summed E-state index contributed by atoms with van der Waals surface area (Å²) in [6.07, 6.45) is 7.30. The summed E-state index contributed by atoms with van der Waals surface area (Å²) < 4.78 is 12.0. The van der Waals surface area contributed by atoms with E-state index in [0.29, 0.717) is 19.5 Å². The number of fused-ring (bicyclic) bond motifs is 2. The van der Waals surface area contributed by atoms with Gasteiger partial charge in [0.25, 0.3) is 0 Å². The van der Waals surface area contributed by atoms with Crippen LogP contribution in [0.3, 0.4) is 0 Å². The molecule has 0 saturated carbocycles. The third kappa shape index (κ3) is 3.79. The van der Waals surface area contributed by atoms with Crippen LogP contribution >= 0.6 is 0 Å². The van der Waals surface area contributed by atoms with Gasteiger partial charge in [0.15, 0.2) is 0 Å². The van der Waals surface area contributed by atoms with Gasteiger partial charge in [0, 0.05) is 13.1 Å². The summed E-state index contributed by atoms with van der Waals surface area (Å²) in [6, 6.07) is 8.10. The van der Waals surface area contributed by atoms with Crippen molar-refractivity contribution in [3.63, 3.8) is 0 Å². The number of ether oxygens (including phenoxy) is 2. The average molecular weight is 481 g/mol. The Balaban J connectivity index is 1.61. The van der Waals surface area contributed by atoms with E-state index in [4.69, 9.17) is 9.47 Å². The fourth-order valence-corrected chi connectivity index (χ4v) is 6.02. The number of esters is 1. The molecule has 1 N–H and O–H groups in total. The lowest BCUT2D eigenvalue weighted by molar-refractivity contribution is -0.157. The molecular formula is C27H32N2O6. The molecule has 1 aromatic rings. The third-order valence-corrected chi connectivity index (χ3v) is 7.67. The van der Waals surface area contributed by atoms with Crippen molar-refractivity contribution >= 4 is 17.8 Å². The molecule has 1 spiro atoms. The van der Waals surface area contributed by atoms with Crippen molar-refractivity contribution in [2.24, 2.45) is 17.8 Å². The first-order valence-corrected chi connectivity index (χ1v) is 12.3. The van der Waals surface area contributed by atoms with E-state index in [9.17, 15) is 19.5 Å². The van der Waals surface area contributed by atoms with Crippen molar-refractivity contribution < 1.29 is 29.0 Å². The predicted molar refractivity (Wildman–Crippen MR) is 127 cm³/mol. The van der Waals surface area contributed by atoms with Gasteiger partial charge in [-0.1, -0.05) is 68.5 Å². The number of likely N-dealkylation sites (tertiary alicyclic amines) is 1. The minimum Gasteiger partial charge on any atom is -0.465 e. The van der Waals surface area contributed by atoms with Gasteiger partial charge in [-0.2, -0.15) is 0 Å². The zero-order valence-corrected chi connectivity index (χ0v) is 20.1. The van der Waals surface area contributed by atoms with Crippen LogP contribution in [0, 0.1) is 17.8 Å². The summed E-state index contributed by atoms with van der Waals surface area (Å²) >= 11 is 0. The van der Waals surface area contributed by atoms with E-state index in [1.54, 1.807) is 4.90 Å². The molecule has 4 aliphatic heterocycles. The van der Waals surface area contributed by atoms with Crippen molar-refractivity contribution in [1.29, 1.82) is 0 Å². The third-order valence-electron chi connectivity index (χ3n) is 7.67. The summed E-state index contributed by atoms with van der Waals surface area (Å²) in [4.78, 5) is 44.6. The van der Waals surface area contributed by atoms with E-state index >= 15 is 0 Å². The first kappa shape index (κ1) is 23.8. The minimum atomic E-state index is -1.31. The maximum atomic E-state index is 14.2. The van der Waals surface area contributed by atoms with Gasteiger partial charge in [0.2, 0.25) is 11.8 Å². The molecule has 1 unspecified atom stereocenters. The Labute approximate surface area is 205 Å². The predicted octanol–water partition coefficient (Wildman–Crippen LogP) is 1.69. The van der Waals surface area contributed by atoms with Crippen LogP contribution < -0.4 is 0 Å². The summed E-state index contributed by atoms with van der Waals surface area (Å²) in [5.41, 5.74) is -0.342. The molecule has 35 heavy (non-hydrogen) atoms. The Morgan fingerprint density at radius 1 is 1.11 bits per heavy atom. The van der Waals surface area contributed by atoms with Crippen molar-refractivity contribution in [2.45, 2.75) is 50.6 Å². The van der Waals surface area contributed by atoms with Crippen molar-refractivity contribution in [3.05, 3.63) is 60.2 Å². The largest absolute Gasteiger partial charge is 0.465 e. The highest BCUT2D eigenvalue weighted by Gasteiger charge is 2.72. The molecule has 2 amide bonds. The summed E-state index contributed by atoms with van der Waals surface area (Å²) in [6.45, 7) is 4.49. The van der Waals surface area contributed by atoms with E-state index in [-0.39, 0.29) is 30.9 Å². The van der Waals surface area contributed by atoms with E-state index in [1.165, 1.54) is 4.90 Å². The molecule has 8 nitrogen and oxygen atoms in total. The summed E-state index contributed by atoms with van der Waals surface area (Å²) in [7, 11) is 0.